The molecule has 8 heteroatoms. The molecule has 0 spiro atoms. The molecule has 7 nitrogen and oxygen atoms in total. The normalized spacial score (nSPS) is 17.0. The number of benzene rings is 2. The SMILES string of the molecule is O=C(COC(=O)c1cccc(S(=O)(=O)N2CCc3ccccc32)c1)NC1CCCCCCC1. The molecule has 0 saturated heterocycles. The molecule has 1 fully saturated rings. The van der Waals surface area contributed by atoms with Crippen molar-refractivity contribution in [2.45, 2.75) is 62.3 Å². The van der Waals surface area contributed by atoms with Crippen LogP contribution in [0.4, 0.5) is 5.69 Å². The van der Waals surface area contributed by atoms with Gasteiger partial charge in [-0.25, -0.2) is 13.2 Å². The van der Waals surface area contributed by atoms with Gasteiger partial charge in [-0.2, -0.15) is 0 Å². The van der Waals surface area contributed by atoms with Crippen molar-refractivity contribution in [1.82, 2.24) is 5.32 Å². The van der Waals surface area contributed by atoms with E-state index >= 15 is 0 Å². The highest BCUT2D eigenvalue weighted by Crippen LogP contribution is 2.32. The van der Waals surface area contributed by atoms with Crippen molar-refractivity contribution in [2.75, 3.05) is 17.5 Å². The van der Waals surface area contributed by atoms with Gasteiger partial charge in [0.2, 0.25) is 0 Å². The number of carbonyl (C=O) groups is 2. The molecule has 1 saturated carbocycles. The lowest BCUT2D eigenvalue weighted by Crippen LogP contribution is -2.38. The first-order chi connectivity index (χ1) is 15.9. The number of anilines is 1. The molecule has 0 atom stereocenters. The van der Waals surface area contributed by atoms with Crippen LogP contribution in [-0.4, -0.2) is 39.5 Å². The lowest BCUT2D eigenvalue weighted by molar-refractivity contribution is -0.125. The summed E-state index contributed by atoms with van der Waals surface area (Å²) >= 11 is 0. The van der Waals surface area contributed by atoms with Crippen LogP contribution >= 0.6 is 0 Å². The first-order valence-electron chi connectivity index (χ1n) is 11.6. The average molecular weight is 471 g/mol. The molecule has 2 aliphatic rings. The minimum atomic E-state index is -3.82. The van der Waals surface area contributed by atoms with E-state index in [-0.39, 0.29) is 29.0 Å². The Labute approximate surface area is 195 Å². The Hall–Kier alpha value is -2.87. The Kier molecular flexibility index (Phi) is 7.33. The number of para-hydroxylation sites is 1. The van der Waals surface area contributed by atoms with Gasteiger partial charge < -0.3 is 10.1 Å². The van der Waals surface area contributed by atoms with Crippen LogP contribution in [0.15, 0.2) is 53.4 Å². The summed E-state index contributed by atoms with van der Waals surface area (Å²) in [5.41, 5.74) is 1.74. The van der Waals surface area contributed by atoms with Gasteiger partial charge >= 0.3 is 5.97 Å². The Morgan fingerprint density at radius 1 is 0.970 bits per heavy atom. The number of carbonyl (C=O) groups excluding carboxylic acids is 2. The van der Waals surface area contributed by atoms with Crippen molar-refractivity contribution in [2.24, 2.45) is 0 Å². The highest BCUT2D eigenvalue weighted by Gasteiger charge is 2.31. The van der Waals surface area contributed by atoms with Crippen molar-refractivity contribution in [3.63, 3.8) is 0 Å². The zero-order valence-corrected chi connectivity index (χ0v) is 19.5. The number of amides is 1. The van der Waals surface area contributed by atoms with Crippen LogP contribution in [0.25, 0.3) is 0 Å². The van der Waals surface area contributed by atoms with Gasteiger partial charge in [0.25, 0.3) is 15.9 Å². The number of hydrogen-bond acceptors (Lipinski definition) is 5. The topological polar surface area (TPSA) is 92.8 Å². The Bertz CT molecular complexity index is 1110. The smallest absolute Gasteiger partial charge is 0.338 e. The molecule has 1 heterocycles. The molecule has 0 unspecified atom stereocenters. The maximum absolute atomic E-state index is 13.2. The second-order valence-electron chi connectivity index (χ2n) is 8.67. The summed E-state index contributed by atoms with van der Waals surface area (Å²) in [4.78, 5) is 24.8. The zero-order valence-electron chi connectivity index (χ0n) is 18.7. The van der Waals surface area contributed by atoms with Crippen molar-refractivity contribution in [3.05, 3.63) is 59.7 Å². The third-order valence-electron chi connectivity index (χ3n) is 6.31. The maximum Gasteiger partial charge on any atom is 0.338 e. The van der Waals surface area contributed by atoms with Crippen LogP contribution in [0.5, 0.6) is 0 Å². The highest BCUT2D eigenvalue weighted by atomic mass is 32.2. The van der Waals surface area contributed by atoms with Crippen LogP contribution in [0.3, 0.4) is 0 Å². The molecule has 2 aromatic carbocycles. The van der Waals surface area contributed by atoms with Gasteiger partial charge in [-0.3, -0.25) is 9.10 Å². The minimum absolute atomic E-state index is 0.0209. The van der Waals surface area contributed by atoms with E-state index in [1.807, 2.05) is 18.2 Å². The lowest BCUT2D eigenvalue weighted by Gasteiger charge is -2.21. The lowest BCUT2D eigenvalue weighted by atomic mass is 9.97. The van der Waals surface area contributed by atoms with Crippen LogP contribution in [0.1, 0.15) is 60.9 Å². The fourth-order valence-corrected chi connectivity index (χ4v) is 6.10. The third-order valence-corrected chi connectivity index (χ3v) is 8.12. The largest absolute Gasteiger partial charge is 0.452 e. The van der Waals surface area contributed by atoms with Crippen molar-refractivity contribution < 1.29 is 22.7 Å². The van der Waals surface area contributed by atoms with E-state index in [4.69, 9.17) is 4.74 Å². The molecule has 33 heavy (non-hydrogen) atoms. The van der Waals surface area contributed by atoms with Gasteiger partial charge in [-0.05, 0) is 49.1 Å². The number of rotatable bonds is 6. The second-order valence-corrected chi connectivity index (χ2v) is 10.5. The molecule has 1 N–H and O–H groups in total. The Morgan fingerprint density at radius 3 is 2.48 bits per heavy atom. The first-order valence-corrected chi connectivity index (χ1v) is 13.1. The molecule has 2 aromatic rings. The number of hydrogen-bond donors (Lipinski definition) is 1. The molecular formula is C25H30N2O5S. The van der Waals surface area contributed by atoms with E-state index in [1.54, 1.807) is 6.07 Å². The summed E-state index contributed by atoms with van der Waals surface area (Å²) < 4.78 is 33.0. The van der Waals surface area contributed by atoms with E-state index in [1.165, 1.54) is 47.8 Å². The number of esters is 1. The second kappa shape index (κ2) is 10.4. The molecule has 1 amide bonds. The Morgan fingerprint density at radius 2 is 1.70 bits per heavy atom. The number of ether oxygens (including phenoxy) is 1. The zero-order chi connectivity index (χ0) is 23.3. The van der Waals surface area contributed by atoms with Crippen molar-refractivity contribution in [3.8, 4) is 0 Å². The van der Waals surface area contributed by atoms with Crippen LogP contribution in [0.2, 0.25) is 0 Å². The van der Waals surface area contributed by atoms with Crippen LogP contribution in [-0.2, 0) is 26.0 Å². The van der Waals surface area contributed by atoms with Gasteiger partial charge in [0.1, 0.15) is 0 Å². The summed E-state index contributed by atoms with van der Waals surface area (Å²) in [6, 6.07) is 13.3. The summed E-state index contributed by atoms with van der Waals surface area (Å²) in [5, 5.41) is 2.96. The van der Waals surface area contributed by atoms with Gasteiger partial charge in [-0.15, -0.1) is 0 Å². The summed E-state index contributed by atoms with van der Waals surface area (Å²) in [5.74, 6) is -1.05. The summed E-state index contributed by atoms with van der Waals surface area (Å²) in [6.45, 7) is -0.0243. The van der Waals surface area contributed by atoms with Crippen molar-refractivity contribution >= 4 is 27.6 Å². The molecule has 1 aliphatic carbocycles. The van der Waals surface area contributed by atoms with E-state index in [9.17, 15) is 18.0 Å². The summed E-state index contributed by atoms with van der Waals surface area (Å²) in [7, 11) is -3.82. The fourth-order valence-electron chi connectivity index (χ4n) is 4.55. The van der Waals surface area contributed by atoms with Gasteiger partial charge in [-0.1, -0.05) is 56.4 Å². The number of fused-ring (bicyclic) bond motifs is 1. The van der Waals surface area contributed by atoms with E-state index < -0.39 is 16.0 Å². The van der Waals surface area contributed by atoms with Gasteiger partial charge in [0, 0.05) is 12.6 Å². The molecule has 0 bridgehead atoms. The first kappa shape index (κ1) is 23.3. The molecule has 176 valence electrons. The highest BCUT2D eigenvalue weighted by molar-refractivity contribution is 7.92. The standard InChI is InChI=1S/C25H30N2O5S/c28-24(26-21-11-4-2-1-3-5-12-21)18-32-25(29)20-10-8-13-22(17-20)33(30,31)27-16-15-19-9-6-7-14-23(19)27/h6-10,13-14,17,21H,1-5,11-12,15-16,18H2,(H,26,28). The molecule has 0 aromatic heterocycles. The van der Waals surface area contributed by atoms with E-state index in [0.717, 1.165) is 31.2 Å². The van der Waals surface area contributed by atoms with Gasteiger partial charge in [0.05, 0.1) is 16.1 Å². The molecular weight excluding hydrogens is 440 g/mol. The minimum Gasteiger partial charge on any atom is -0.452 e. The average Bonchev–Trinajstić information content (AvgIpc) is 3.24. The third kappa shape index (κ3) is 5.55. The van der Waals surface area contributed by atoms with Gasteiger partial charge in [0.15, 0.2) is 6.61 Å². The molecule has 0 radical (unpaired) electrons. The monoisotopic (exact) mass is 470 g/mol. The van der Waals surface area contributed by atoms with Crippen LogP contribution in [0, 0.1) is 0 Å². The Balaban J connectivity index is 1.38. The van der Waals surface area contributed by atoms with Crippen LogP contribution < -0.4 is 9.62 Å². The maximum atomic E-state index is 13.2. The molecule has 1 aliphatic heterocycles. The van der Waals surface area contributed by atoms with Crippen molar-refractivity contribution in [1.29, 1.82) is 0 Å². The number of nitrogens with zero attached hydrogens (tertiary/aromatic N) is 1. The fraction of sp³-hybridized carbons (Fsp3) is 0.440. The number of sulfonamides is 1. The van der Waals surface area contributed by atoms with E-state index in [0.29, 0.717) is 18.7 Å². The quantitative estimate of drug-likeness (QED) is 0.648. The van der Waals surface area contributed by atoms with E-state index in [2.05, 4.69) is 5.32 Å². The number of nitrogens with one attached hydrogen (secondary N) is 1. The molecule has 4 rings (SSSR count). The predicted molar refractivity (Wildman–Crippen MR) is 126 cm³/mol. The summed E-state index contributed by atoms with van der Waals surface area (Å²) in [6.07, 6.45) is 8.33. The predicted octanol–water partition coefficient (Wildman–Crippen LogP) is 3.82.